The van der Waals surface area contributed by atoms with Gasteiger partial charge in [-0.3, -0.25) is 0 Å². The predicted molar refractivity (Wildman–Crippen MR) is 73.3 cm³/mol. The van der Waals surface area contributed by atoms with Crippen LogP contribution in [0.1, 0.15) is 25.7 Å². The van der Waals surface area contributed by atoms with E-state index < -0.39 is 0 Å². The summed E-state index contributed by atoms with van der Waals surface area (Å²) in [6.07, 6.45) is 6.90. The minimum atomic E-state index is -0.229. The van der Waals surface area contributed by atoms with Gasteiger partial charge in [-0.2, -0.15) is 5.10 Å². The Morgan fingerprint density at radius 2 is 2.37 bits per heavy atom. The number of anilines is 1. The molecule has 1 saturated carbocycles. The first kappa shape index (κ1) is 12.0. The lowest BCUT2D eigenvalue weighted by molar-refractivity contribution is 0.124. The highest BCUT2D eigenvalue weighted by molar-refractivity contribution is 5.84. The molecule has 5 heteroatoms. The second-order valence-electron chi connectivity index (χ2n) is 5.02. The number of aliphatic hydroxyl groups excluding tert-OH is 1. The second-order valence-corrected chi connectivity index (χ2v) is 5.02. The lowest BCUT2D eigenvalue weighted by Gasteiger charge is -2.28. The van der Waals surface area contributed by atoms with Gasteiger partial charge in [-0.1, -0.05) is 0 Å². The lowest BCUT2D eigenvalue weighted by Crippen LogP contribution is -2.30. The molecule has 2 aromatic heterocycles. The first-order valence-electron chi connectivity index (χ1n) is 6.56. The Bertz CT molecular complexity index is 628. The van der Waals surface area contributed by atoms with Crippen molar-refractivity contribution in [2.75, 3.05) is 5.32 Å². The van der Waals surface area contributed by atoms with Crippen LogP contribution in [0.2, 0.25) is 0 Å². The molecule has 0 bridgehead atoms. The Morgan fingerprint density at radius 1 is 1.47 bits per heavy atom. The molecule has 2 unspecified atom stereocenters. The fraction of sp³-hybridized carbons (Fsp3) is 0.429. The highest BCUT2D eigenvalue weighted by atomic mass is 16.3. The van der Waals surface area contributed by atoms with Crippen molar-refractivity contribution in [3.63, 3.8) is 0 Å². The summed E-state index contributed by atoms with van der Waals surface area (Å²) in [5.74, 6) is 0. The van der Waals surface area contributed by atoms with Gasteiger partial charge < -0.3 is 10.4 Å². The molecule has 1 aliphatic rings. The van der Waals surface area contributed by atoms with Gasteiger partial charge in [0.05, 0.1) is 30.1 Å². The van der Waals surface area contributed by atoms with E-state index in [1.165, 1.54) is 0 Å². The van der Waals surface area contributed by atoms with Crippen molar-refractivity contribution in [3.05, 3.63) is 35.9 Å². The van der Waals surface area contributed by atoms with E-state index in [-0.39, 0.29) is 12.1 Å². The normalized spacial score (nSPS) is 23.2. The van der Waals surface area contributed by atoms with E-state index in [9.17, 15) is 5.11 Å². The Labute approximate surface area is 111 Å². The van der Waals surface area contributed by atoms with Crippen molar-refractivity contribution in [2.24, 2.45) is 0 Å². The third-order valence-electron chi connectivity index (χ3n) is 3.66. The number of nitrogens with one attached hydrogen (secondary N) is 1. The van der Waals surface area contributed by atoms with Crippen LogP contribution in [0.5, 0.6) is 0 Å². The molecule has 1 fully saturated rings. The van der Waals surface area contributed by atoms with E-state index in [1.54, 1.807) is 10.7 Å². The van der Waals surface area contributed by atoms with E-state index >= 15 is 0 Å². The van der Waals surface area contributed by atoms with Crippen molar-refractivity contribution in [2.45, 2.75) is 37.8 Å². The summed E-state index contributed by atoms with van der Waals surface area (Å²) < 4.78 is 1.76. The van der Waals surface area contributed by atoms with Crippen LogP contribution in [0.4, 0.5) is 11.4 Å². The molecule has 0 amide bonds. The molecule has 2 aromatic rings. The van der Waals surface area contributed by atoms with Crippen LogP contribution in [0.3, 0.4) is 0 Å². The van der Waals surface area contributed by atoms with E-state index in [0.717, 1.165) is 36.9 Å². The quantitative estimate of drug-likeness (QED) is 0.812. The molecule has 98 valence electrons. The third kappa shape index (κ3) is 2.27. The fourth-order valence-electron chi connectivity index (χ4n) is 2.72. The van der Waals surface area contributed by atoms with Crippen LogP contribution in [-0.2, 0) is 0 Å². The Kier molecular flexibility index (Phi) is 3.10. The minimum Gasteiger partial charge on any atom is -0.393 e. The van der Waals surface area contributed by atoms with Gasteiger partial charge in [0.25, 0.3) is 0 Å². The van der Waals surface area contributed by atoms with E-state index in [0.29, 0.717) is 5.69 Å². The van der Waals surface area contributed by atoms with Crippen LogP contribution in [0.15, 0.2) is 24.5 Å². The zero-order valence-corrected chi connectivity index (χ0v) is 10.6. The van der Waals surface area contributed by atoms with Crippen molar-refractivity contribution in [3.8, 4) is 0 Å². The first-order chi connectivity index (χ1) is 9.28. The third-order valence-corrected chi connectivity index (χ3v) is 3.66. The van der Waals surface area contributed by atoms with Crippen molar-refractivity contribution < 1.29 is 5.11 Å². The summed E-state index contributed by atoms with van der Waals surface area (Å²) in [6, 6.07) is 4.09. The average molecular weight is 256 g/mol. The van der Waals surface area contributed by atoms with Gasteiger partial charge in [-0.25, -0.2) is 9.36 Å². The number of aliphatic hydroxyl groups is 1. The number of fused-ring (bicyclic) bond motifs is 1. The zero-order valence-electron chi connectivity index (χ0n) is 10.6. The molecule has 2 heterocycles. The van der Waals surface area contributed by atoms with Crippen LogP contribution in [0.25, 0.3) is 10.4 Å². The molecule has 2 atom stereocenters. The summed E-state index contributed by atoms with van der Waals surface area (Å²) in [5.41, 5.74) is 2.27. The lowest BCUT2D eigenvalue weighted by atomic mass is 9.93. The SMILES string of the molecule is [C-]#[N+]c1cnn2cccc2c1NC1CCCC(O)C1. The zero-order chi connectivity index (χ0) is 13.2. The maximum absolute atomic E-state index is 9.74. The number of hydrogen-bond acceptors (Lipinski definition) is 3. The van der Waals surface area contributed by atoms with Gasteiger partial charge in [-0.05, 0) is 37.8 Å². The highest BCUT2D eigenvalue weighted by Gasteiger charge is 2.21. The van der Waals surface area contributed by atoms with Crippen molar-refractivity contribution >= 4 is 16.9 Å². The Morgan fingerprint density at radius 3 is 3.16 bits per heavy atom. The molecule has 0 radical (unpaired) electrons. The summed E-state index contributed by atoms with van der Waals surface area (Å²) in [4.78, 5) is 3.53. The number of aromatic nitrogens is 2. The topological polar surface area (TPSA) is 53.9 Å². The summed E-state index contributed by atoms with van der Waals surface area (Å²) in [7, 11) is 0. The van der Waals surface area contributed by atoms with Gasteiger partial charge in [-0.15, -0.1) is 0 Å². The summed E-state index contributed by atoms with van der Waals surface area (Å²) in [5, 5.41) is 17.4. The van der Waals surface area contributed by atoms with E-state index in [4.69, 9.17) is 6.57 Å². The maximum atomic E-state index is 9.74. The van der Waals surface area contributed by atoms with Gasteiger partial charge in [0.2, 0.25) is 5.69 Å². The predicted octanol–water partition coefficient (Wildman–Crippen LogP) is 2.60. The molecule has 0 spiro atoms. The molecule has 0 aromatic carbocycles. The molecular weight excluding hydrogens is 240 g/mol. The van der Waals surface area contributed by atoms with Crippen LogP contribution >= 0.6 is 0 Å². The van der Waals surface area contributed by atoms with Gasteiger partial charge in [0.15, 0.2) is 0 Å². The minimum absolute atomic E-state index is 0.227. The average Bonchev–Trinajstić information content (AvgIpc) is 2.88. The number of hydrogen-bond donors (Lipinski definition) is 2. The van der Waals surface area contributed by atoms with Crippen LogP contribution in [-0.4, -0.2) is 26.9 Å². The summed E-state index contributed by atoms with van der Waals surface area (Å²) in [6.45, 7) is 7.26. The fourth-order valence-corrected chi connectivity index (χ4v) is 2.72. The molecule has 19 heavy (non-hydrogen) atoms. The second kappa shape index (κ2) is 4.90. The molecule has 1 aliphatic carbocycles. The van der Waals surface area contributed by atoms with Crippen LogP contribution in [0, 0.1) is 6.57 Å². The van der Waals surface area contributed by atoms with Crippen molar-refractivity contribution in [1.82, 2.24) is 9.61 Å². The molecular formula is C14H16N4O. The Hall–Kier alpha value is -2.06. The summed E-state index contributed by atoms with van der Waals surface area (Å²) >= 11 is 0. The number of nitrogens with zero attached hydrogens (tertiary/aromatic N) is 3. The molecule has 0 aliphatic heterocycles. The molecule has 0 saturated heterocycles. The molecule has 3 rings (SSSR count). The van der Waals surface area contributed by atoms with Gasteiger partial charge >= 0.3 is 0 Å². The first-order valence-corrected chi connectivity index (χ1v) is 6.56. The largest absolute Gasteiger partial charge is 0.393 e. The van der Waals surface area contributed by atoms with Gasteiger partial charge in [0.1, 0.15) is 0 Å². The monoisotopic (exact) mass is 256 g/mol. The molecule has 2 N–H and O–H groups in total. The smallest absolute Gasteiger partial charge is 0.231 e. The highest BCUT2D eigenvalue weighted by Crippen LogP contribution is 2.32. The van der Waals surface area contributed by atoms with Crippen molar-refractivity contribution in [1.29, 1.82) is 0 Å². The standard InChI is InChI=1S/C14H16N4O/c1-15-12-9-16-18-7-3-6-13(18)14(12)17-10-4-2-5-11(19)8-10/h3,6-7,9-11,17,19H,2,4-5,8H2. The molecule has 5 nitrogen and oxygen atoms in total. The van der Waals surface area contributed by atoms with E-state index in [1.807, 2.05) is 18.3 Å². The maximum Gasteiger partial charge on any atom is 0.231 e. The van der Waals surface area contributed by atoms with Gasteiger partial charge in [0, 0.05) is 12.2 Å². The van der Waals surface area contributed by atoms with Crippen LogP contribution < -0.4 is 5.32 Å². The Balaban J connectivity index is 1.94. The number of rotatable bonds is 2. The van der Waals surface area contributed by atoms with E-state index in [2.05, 4.69) is 15.3 Å².